The normalized spacial score (nSPS) is 16.5. The standard InChI is InChI=1S/C23H29N5O2/c1-24-23(25-13-12-17-8-7-9-18(14-17)22(30)27(2)3)26-19-15-21(29)28(16-19)20-10-5-4-6-11-20/h4-11,14,19H,12-13,15-16H2,1-3H3,(H2,24,25,26). The number of rotatable bonds is 6. The molecule has 0 aromatic heterocycles. The monoisotopic (exact) mass is 407 g/mol. The number of hydrogen-bond acceptors (Lipinski definition) is 3. The van der Waals surface area contributed by atoms with Crippen LogP contribution in [0, 0.1) is 0 Å². The zero-order chi connectivity index (χ0) is 21.5. The summed E-state index contributed by atoms with van der Waals surface area (Å²) in [6.45, 7) is 1.28. The molecule has 158 valence electrons. The van der Waals surface area contributed by atoms with Crippen LogP contribution < -0.4 is 15.5 Å². The van der Waals surface area contributed by atoms with E-state index in [2.05, 4.69) is 15.6 Å². The highest BCUT2D eigenvalue weighted by Crippen LogP contribution is 2.20. The molecular formula is C23H29N5O2. The first-order valence-electron chi connectivity index (χ1n) is 10.1. The Morgan fingerprint density at radius 2 is 1.93 bits per heavy atom. The minimum atomic E-state index is -0.00356. The van der Waals surface area contributed by atoms with E-state index in [1.807, 2.05) is 54.6 Å². The van der Waals surface area contributed by atoms with Gasteiger partial charge in [0.2, 0.25) is 5.91 Å². The number of nitrogens with zero attached hydrogens (tertiary/aromatic N) is 3. The molecule has 3 rings (SSSR count). The van der Waals surface area contributed by atoms with Crippen molar-refractivity contribution in [1.82, 2.24) is 15.5 Å². The Kier molecular flexibility index (Phi) is 7.06. The van der Waals surface area contributed by atoms with Crippen LogP contribution in [0.3, 0.4) is 0 Å². The second-order valence-corrected chi connectivity index (χ2v) is 7.53. The van der Waals surface area contributed by atoms with Crippen LogP contribution in [0.2, 0.25) is 0 Å². The molecule has 2 amide bonds. The van der Waals surface area contributed by atoms with Crippen molar-refractivity contribution in [3.05, 3.63) is 65.7 Å². The van der Waals surface area contributed by atoms with E-state index in [0.717, 1.165) is 17.7 Å². The average molecular weight is 408 g/mol. The van der Waals surface area contributed by atoms with Crippen molar-refractivity contribution in [3.8, 4) is 0 Å². The van der Waals surface area contributed by atoms with E-state index in [4.69, 9.17) is 0 Å². The third-order valence-corrected chi connectivity index (χ3v) is 5.04. The number of carbonyl (C=O) groups excluding carboxylic acids is 2. The van der Waals surface area contributed by atoms with Crippen LogP contribution in [-0.4, -0.2) is 62.9 Å². The lowest BCUT2D eigenvalue weighted by atomic mass is 10.1. The molecule has 2 N–H and O–H groups in total. The molecule has 0 spiro atoms. The maximum atomic E-state index is 12.4. The number of anilines is 1. The van der Waals surface area contributed by atoms with Gasteiger partial charge < -0.3 is 20.4 Å². The third kappa shape index (κ3) is 5.37. The predicted molar refractivity (Wildman–Crippen MR) is 120 cm³/mol. The zero-order valence-electron chi connectivity index (χ0n) is 17.8. The second kappa shape index (κ2) is 9.91. The molecule has 1 unspecified atom stereocenters. The van der Waals surface area contributed by atoms with Crippen molar-refractivity contribution in [2.24, 2.45) is 4.99 Å². The summed E-state index contributed by atoms with van der Waals surface area (Å²) in [5, 5.41) is 6.64. The van der Waals surface area contributed by atoms with Crippen molar-refractivity contribution in [2.45, 2.75) is 18.9 Å². The Morgan fingerprint density at radius 1 is 1.17 bits per heavy atom. The number of hydrogen-bond donors (Lipinski definition) is 2. The van der Waals surface area contributed by atoms with Gasteiger partial charge in [-0.2, -0.15) is 0 Å². The molecule has 7 heteroatoms. The van der Waals surface area contributed by atoms with E-state index in [9.17, 15) is 9.59 Å². The molecule has 2 aromatic carbocycles. The van der Waals surface area contributed by atoms with Crippen LogP contribution in [0.4, 0.5) is 5.69 Å². The molecule has 1 saturated heterocycles. The van der Waals surface area contributed by atoms with Crippen LogP contribution in [-0.2, 0) is 11.2 Å². The van der Waals surface area contributed by atoms with Gasteiger partial charge in [0.25, 0.3) is 5.91 Å². The Labute approximate surface area is 177 Å². The van der Waals surface area contributed by atoms with Gasteiger partial charge in [-0.1, -0.05) is 30.3 Å². The van der Waals surface area contributed by atoms with Gasteiger partial charge in [0.05, 0.1) is 6.04 Å². The predicted octanol–water partition coefficient (Wildman–Crippen LogP) is 1.90. The van der Waals surface area contributed by atoms with Crippen LogP contribution in [0.15, 0.2) is 59.6 Å². The molecule has 1 fully saturated rings. The van der Waals surface area contributed by atoms with Crippen LogP contribution in [0.5, 0.6) is 0 Å². The van der Waals surface area contributed by atoms with E-state index < -0.39 is 0 Å². The van der Waals surface area contributed by atoms with E-state index in [1.54, 1.807) is 30.9 Å². The maximum absolute atomic E-state index is 12.4. The van der Waals surface area contributed by atoms with Gasteiger partial charge in [-0.25, -0.2) is 0 Å². The highest BCUT2D eigenvalue weighted by Gasteiger charge is 2.30. The summed E-state index contributed by atoms with van der Waals surface area (Å²) in [4.78, 5) is 32.2. The number of amides is 2. The van der Waals surface area contributed by atoms with Gasteiger partial charge in [-0.15, -0.1) is 0 Å². The highest BCUT2D eigenvalue weighted by molar-refractivity contribution is 5.97. The SMILES string of the molecule is CN=C(NCCc1cccc(C(=O)N(C)C)c1)NC1CC(=O)N(c2ccccc2)C1. The van der Waals surface area contributed by atoms with E-state index in [1.165, 1.54) is 0 Å². The smallest absolute Gasteiger partial charge is 0.253 e. The lowest BCUT2D eigenvalue weighted by Crippen LogP contribution is -2.45. The molecule has 2 aromatic rings. The van der Waals surface area contributed by atoms with Gasteiger partial charge in [0.15, 0.2) is 5.96 Å². The molecule has 1 atom stereocenters. The molecule has 7 nitrogen and oxygen atoms in total. The highest BCUT2D eigenvalue weighted by atomic mass is 16.2. The van der Waals surface area contributed by atoms with Crippen LogP contribution in [0.1, 0.15) is 22.3 Å². The Bertz CT molecular complexity index is 911. The first-order valence-corrected chi connectivity index (χ1v) is 10.1. The van der Waals surface area contributed by atoms with Crippen molar-refractivity contribution < 1.29 is 9.59 Å². The molecule has 1 heterocycles. The molecular weight excluding hydrogens is 378 g/mol. The average Bonchev–Trinajstić information content (AvgIpc) is 3.13. The number of benzene rings is 2. The van der Waals surface area contributed by atoms with Crippen molar-refractivity contribution in [3.63, 3.8) is 0 Å². The molecule has 30 heavy (non-hydrogen) atoms. The summed E-state index contributed by atoms with van der Waals surface area (Å²) in [6.07, 6.45) is 1.19. The Hall–Kier alpha value is -3.35. The van der Waals surface area contributed by atoms with Gasteiger partial charge in [-0.3, -0.25) is 14.6 Å². The van der Waals surface area contributed by atoms with Crippen LogP contribution >= 0.6 is 0 Å². The van der Waals surface area contributed by atoms with Crippen molar-refractivity contribution in [1.29, 1.82) is 0 Å². The van der Waals surface area contributed by atoms with Gasteiger partial charge in [-0.05, 0) is 36.2 Å². The number of nitrogens with one attached hydrogen (secondary N) is 2. The van der Waals surface area contributed by atoms with Gasteiger partial charge >= 0.3 is 0 Å². The lowest BCUT2D eigenvalue weighted by molar-refractivity contribution is -0.117. The summed E-state index contributed by atoms with van der Waals surface area (Å²) in [5.74, 6) is 0.774. The number of guanidine groups is 1. The molecule has 1 aliphatic heterocycles. The van der Waals surface area contributed by atoms with Crippen LogP contribution in [0.25, 0.3) is 0 Å². The van der Waals surface area contributed by atoms with Crippen molar-refractivity contribution in [2.75, 3.05) is 39.1 Å². The number of carbonyl (C=O) groups is 2. The zero-order valence-corrected chi connectivity index (χ0v) is 17.8. The molecule has 0 bridgehead atoms. The fraction of sp³-hybridized carbons (Fsp3) is 0.348. The largest absolute Gasteiger partial charge is 0.356 e. The van der Waals surface area contributed by atoms with E-state index in [-0.39, 0.29) is 17.9 Å². The van der Waals surface area contributed by atoms with Gasteiger partial charge in [0.1, 0.15) is 0 Å². The first kappa shape index (κ1) is 21.4. The minimum absolute atomic E-state index is 0.00356. The van der Waals surface area contributed by atoms with E-state index in [0.29, 0.717) is 31.0 Å². The third-order valence-electron chi connectivity index (χ3n) is 5.04. The molecule has 0 aliphatic carbocycles. The topological polar surface area (TPSA) is 77.0 Å². The molecule has 0 radical (unpaired) electrons. The maximum Gasteiger partial charge on any atom is 0.253 e. The summed E-state index contributed by atoms with van der Waals surface area (Å²) in [7, 11) is 5.22. The summed E-state index contributed by atoms with van der Waals surface area (Å²) in [6, 6.07) is 17.4. The van der Waals surface area contributed by atoms with Crippen molar-refractivity contribution >= 4 is 23.5 Å². The number of para-hydroxylation sites is 1. The summed E-state index contributed by atoms with van der Waals surface area (Å²) >= 11 is 0. The summed E-state index contributed by atoms with van der Waals surface area (Å²) < 4.78 is 0. The van der Waals surface area contributed by atoms with E-state index >= 15 is 0 Å². The summed E-state index contributed by atoms with van der Waals surface area (Å²) in [5.41, 5.74) is 2.68. The lowest BCUT2D eigenvalue weighted by Gasteiger charge is -2.19. The molecule has 1 aliphatic rings. The Morgan fingerprint density at radius 3 is 2.63 bits per heavy atom. The quantitative estimate of drug-likeness (QED) is 0.566. The molecule has 0 saturated carbocycles. The first-order chi connectivity index (χ1) is 14.5. The fourth-order valence-corrected chi connectivity index (χ4v) is 3.49. The van der Waals surface area contributed by atoms with Gasteiger partial charge in [0, 0.05) is 51.9 Å². The second-order valence-electron chi connectivity index (χ2n) is 7.53. The fourth-order valence-electron chi connectivity index (χ4n) is 3.49. The minimum Gasteiger partial charge on any atom is -0.356 e. The Balaban J connectivity index is 1.51. The number of aliphatic imine (C=N–C) groups is 1.